The van der Waals surface area contributed by atoms with Crippen LogP contribution in [-0.4, -0.2) is 49.3 Å². The Labute approximate surface area is 112 Å². The van der Waals surface area contributed by atoms with Crippen LogP contribution in [0.1, 0.15) is 52.4 Å². The lowest BCUT2D eigenvalue weighted by Gasteiger charge is -2.33. The van der Waals surface area contributed by atoms with Crippen LogP contribution in [0.3, 0.4) is 0 Å². The molecule has 3 nitrogen and oxygen atoms in total. The summed E-state index contributed by atoms with van der Waals surface area (Å²) >= 11 is 0. The van der Waals surface area contributed by atoms with E-state index in [-0.39, 0.29) is 0 Å². The molecule has 1 N–H and O–H groups in total. The van der Waals surface area contributed by atoms with E-state index in [0.717, 1.165) is 25.4 Å². The second-order valence-electron chi connectivity index (χ2n) is 6.30. The zero-order valence-electron chi connectivity index (χ0n) is 12.3. The molecule has 0 aromatic carbocycles. The van der Waals surface area contributed by atoms with Gasteiger partial charge in [0.1, 0.15) is 0 Å². The summed E-state index contributed by atoms with van der Waals surface area (Å²) < 4.78 is 5.77. The van der Waals surface area contributed by atoms with Gasteiger partial charge in [-0.2, -0.15) is 0 Å². The first kappa shape index (κ1) is 14.3. The molecular formula is C15H30N2O. The van der Waals surface area contributed by atoms with Crippen molar-refractivity contribution in [1.29, 1.82) is 0 Å². The number of rotatable bonds is 5. The van der Waals surface area contributed by atoms with E-state index in [1.807, 2.05) is 0 Å². The largest absolute Gasteiger partial charge is 0.375 e. The highest BCUT2D eigenvalue weighted by Crippen LogP contribution is 2.22. The Morgan fingerprint density at radius 2 is 1.72 bits per heavy atom. The fraction of sp³-hybridized carbons (Fsp3) is 1.00. The number of ether oxygens (including phenoxy) is 1. The van der Waals surface area contributed by atoms with Gasteiger partial charge in [-0.3, -0.25) is 0 Å². The van der Waals surface area contributed by atoms with E-state index in [2.05, 4.69) is 31.1 Å². The predicted octanol–water partition coefficient (Wildman–Crippen LogP) is 2.41. The number of likely N-dealkylation sites (N-methyl/N-ethyl adjacent to an activating group) is 1. The summed E-state index contributed by atoms with van der Waals surface area (Å²) in [6, 6.07) is 1.50. The van der Waals surface area contributed by atoms with Crippen LogP contribution in [0, 0.1) is 0 Å². The van der Waals surface area contributed by atoms with Gasteiger partial charge in [-0.1, -0.05) is 12.8 Å². The molecule has 18 heavy (non-hydrogen) atoms. The molecule has 106 valence electrons. The molecule has 3 heteroatoms. The van der Waals surface area contributed by atoms with Crippen molar-refractivity contribution in [3.63, 3.8) is 0 Å². The lowest BCUT2D eigenvalue weighted by molar-refractivity contribution is -0.0422. The first-order valence-electron chi connectivity index (χ1n) is 7.74. The van der Waals surface area contributed by atoms with Gasteiger partial charge in [-0.15, -0.1) is 0 Å². The smallest absolute Gasteiger partial charge is 0.0565 e. The van der Waals surface area contributed by atoms with Gasteiger partial charge in [0.05, 0.1) is 12.2 Å². The number of hydrogen-bond acceptors (Lipinski definition) is 3. The van der Waals surface area contributed by atoms with Crippen molar-refractivity contribution in [3.05, 3.63) is 0 Å². The monoisotopic (exact) mass is 254 g/mol. The summed E-state index contributed by atoms with van der Waals surface area (Å²) in [7, 11) is 2.28. The maximum absolute atomic E-state index is 5.77. The normalized spacial score (nSPS) is 34.3. The highest BCUT2D eigenvalue weighted by Gasteiger charge is 2.24. The van der Waals surface area contributed by atoms with Crippen molar-refractivity contribution in [1.82, 2.24) is 10.2 Å². The minimum absolute atomic E-state index is 0.416. The molecule has 2 atom stereocenters. The van der Waals surface area contributed by atoms with Crippen molar-refractivity contribution in [2.45, 2.75) is 76.7 Å². The highest BCUT2D eigenvalue weighted by molar-refractivity contribution is 4.80. The molecule has 0 aromatic heterocycles. The Morgan fingerprint density at radius 1 is 1.11 bits per heavy atom. The molecule has 1 aliphatic carbocycles. The van der Waals surface area contributed by atoms with Gasteiger partial charge in [-0.25, -0.2) is 0 Å². The quantitative estimate of drug-likeness (QED) is 0.815. The summed E-state index contributed by atoms with van der Waals surface area (Å²) in [4.78, 5) is 2.55. The van der Waals surface area contributed by atoms with E-state index in [1.165, 1.54) is 32.2 Å². The second kappa shape index (κ2) is 6.88. The molecule has 2 aliphatic rings. The summed E-state index contributed by atoms with van der Waals surface area (Å²) in [5.74, 6) is 0. The minimum Gasteiger partial charge on any atom is -0.375 e. The van der Waals surface area contributed by atoms with Crippen LogP contribution >= 0.6 is 0 Å². The predicted molar refractivity (Wildman–Crippen MR) is 75.9 cm³/mol. The fourth-order valence-corrected chi connectivity index (χ4v) is 3.54. The van der Waals surface area contributed by atoms with E-state index in [9.17, 15) is 0 Å². The van der Waals surface area contributed by atoms with E-state index in [0.29, 0.717) is 18.2 Å². The van der Waals surface area contributed by atoms with Crippen molar-refractivity contribution in [2.24, 2.45) is 0 Å². The second-order valence-corrected chi connectivity index (χ2v) is 6.30. The third-order valence-corrected chi connectivity index (χ3v) is 4.54. The maximum atomic E-state index is 5.77. The van der Waals surface area contributed by atoms with Crippen molar-refractivity contribution < 1.29 is 4.74 Å². The van der Waals surface area contributed by atoms with Crippen LogP contribution in [0.5, 0.6) is 0 Å². The van der Waals surface area contributed by atoms with Crippen LogP contribution in [0.15, 0.2) is 0 Å². The molecule has 2 fully saturated rings. The summed E-state index contributed by atoms with van der Waals surface area (Å²) in [5.41, 5.74) is 0. The van der Waals surface area contributed by atoms with Gasteiger partial charge in [0.15, 0.2) is 0 Å². The molecule has 0 bridgehead atoms. The lowest BCUT2D eigenvalue weighted by atomic mass is 10.00. The molecule has 0 spiro atoms. The van der Waals surface area contributed by atoms with Gasteiger partial charge in [0.2, 0.25) is 0 Å². The van der Waals surface area contributed by atoms with Crippen LogP contribution < -0.4 is 5.32 Å². The summed E-state index contributed by atoms with van der Waals surface area (Å²) in [5, 5.41) is 3.72. The van der Waals surface area contributed by atoms with Crippen LogP contribution in [0.4, 0.5) is 0 Å². The lowest BCUT2D eigenvalue weighted by Crippen LogP contribution is -2.44. The molecule has 1 saturated carbocycles. The van der Waals surface area contributed by atoms with Gasteiger partial charge in [-0.05, 0) is 46.6 Å². The zero-order valence-corrected chi connectivity index (χ0v) is 12.3. The maximum Gasteiger partial charge on any atom is 0.0565 e. The number of nitrogens with one attached hydrogen (secondary N) is 1. The van der Waals surface area contributed by atoms with Crippen LogP contribution in [0.2, 0.25) is 0 Å². The number of hydrogen-bond donors (Lipinski definition) is 1. The molecule has 1 saturated heterocycles. The molecular weight excluding hydrogens is 224 g/mol. The molecule has 2 unspecified atom stereocenters. The highest BCUT2D eigenvalue weighted by atomic mass is 16.5. The average molecular weight is 254 g/mol. The molecule has 0 radical (unpaired) electrons. The molecule has 0 amide bonds. The summed E-state index contributed by atoms with van der Waals surface area (Å²) in [6.45, 7) is 6.69. The van der Waals surface area contributed by atoms with E-state index in [4.69, 9.17) is 4.74 Å². The Morgan fingerprint density at radius 3 is 2.33 bits per heavy atom. The minimum atomic E-state index is 0.416. The topological polar surface area (TPSA) is 24.5 Å². The fourth-order valence-electron chi connectivity index (χ4n) is 3.54. The Kier molecular flexibility index (Phi) is 5.46. The summed E-state index contributed by atoms with van der Waals surface area (Å²) in [6.07, 6.45) is 8.82. The van der Waals surface area contributed by atoms with Crippen LogP contribution in [-0.2, 0) is 4.74 Å². The van der Waals surface area contributed by atoms with E-state index >= 15 is 0 Å². The molecule has 0 aromatic rings. The molecule has 2 rings (SSSR count). The van der Waals surface area contributed by atoms with Crippen molar-refractivity contribution in [3.8, 4) is 0 Å². The van der Waals surface area contributed by atoms with Gasteiger partial charge >= 0.3 is 0 Å². The SMILES string of the molecule is CC1CC(NCCN(C)C2CCCC2)CC(C)O1. The van der Waals surface area contributed by atoms with Crippen molar-refractivity contribution in [2.75, 3.05) is 20.1 Å². The van der Waals surface area contributed by atoms with Crippen LogP contribution in [0.25, 0.3) is 0 Å². The third-order valence-electron chi connectivity index (χ3n) is 4.54. The van der Waals surface area contributed by atoms with E-state index < -0.39 is 0 Å². The Bertz CT molecular complexity index is 231. The first-order valence-corrected chi connectivity index (χ1v) is 7.74. The van der Waals surface area contributed by atoms with Gasteiger partial charge < -0.3 is 15.0 Å². The van der Waals surface area contributed by atoms with Gasteiger partial charge in [0.25, 0.3) is 0 Å². The Balaban J connectivity index is 1.62. The third kappa shape index (κ3) is 4.22. The average Bonchev–Trinajstić information content (AvgIpc) is 2.80. The van der Waals surface area contributed by atoms with Gasteiger partial charge in [0, 0.05) is 25.2 Å². The first-order chi connectivity index (χ1) is 8.65. The van der Waals surface area contributed by atoms with Crippen molar-refractivity contribution >= 4 is 0 Å². The molecule has 1 heterocycles. The molecule has 1 aliphatic heterocycles. The zero-order chi connectivity index (χ0) is 13.0. The number of nitrogens with zero attached hydrogens (tertiary/aromatic N) is 1. The standard InChI is InChI=1S/C15H30N2O/c1-12-10-14(11-13(2)18-12)16-8-9-17(3)15-6-4-5-7-15/h12-16H,4-11H2,1-3H3. The van der Waals surface area contributed by atoms with E-state index in [1.54, 1.807) is 0 Å². The Hall–Kier alpha value is -0.120.